The van der Waals surface area contributed by atoms with Crippen molar-refractivity contribution in [2.45, 2.75) is 46.2 Å². The third kappa shape index (κ3) is 5.68. The fourth-order valence-electron chi connectivity index (χ4n) is 1.65. The lowest BCUT2D eigenvalue weighted by molar-refractivity contribution is -0.139. The number of nitrogens with zero attached hydrogens (tertiary/aromatic N) is 1. The van der Waals surface area contributed by atoms with Gasteiger partial charge in [0.15, 0.2) is 0 Å². The number of amides is 2. The molecule has 0 heterocycles. The molecular weight excluding hydrogens is 218 g/mol. The van der Waals surface area contributed by atoms with Crippen LogP contribution in [0.4, 0.5) is 0 Å². The third-order valence-corrected chi connectivity index (χ3v) is 2.33. The van der Waals surface area contributed by atoms with Gasteiger partial charge in [-0.25, -0.2) is 0 Å². The average molecular weight is 243 g/mol. The Balaban J connectivity index is 4.36. The zero-order chi connectivity index (χ0) is 13.6. The molecule has 0 unspecified atom stereocenters. The standard InChI is InChI=1S/C12H25N3O2/c1-7-13-12(4,5)11(17)15(6)8-10(16)14-9(2)3/h9,13H,7-8H2,1-6H3,(H,14,16). The summed E-state index contributed by atoms with van der Waals surface area (Å²) in [5.41, 5.74) is -0.637. The number of carbonyl (C=O) groups is 2. The Kier molecular flexibility index (Phi) is 6.16. The highest BCUT2D eigenvalue weighted by molar-refractivity contribution is 5.89. The van der Waals surface area contributed by atoms with Crippen LogP contribution in [0, 0.1) is 0 Å². The summed E-state index contributed by atoms with van der Waals surface area (Å²) >= 11 is 0. The van der Waals surface area contributed by atoms with Gasteiger partial charge in [0.1, 0.15) is 0 Å². The first-order valence-corrected chi connectivity index (χ1v) is 6.00. The van der Waals surface area contributed by atoms with Gasteiger partial charge in [-0.3, -0.25) is 9.59 Å². The molecule has 0 fully saturated rings. The molecule has 0 aliphatic heterocycles. The number of hydrogen-bond donors (Lipinski definition) is 2. The van der Waals surface area contributed by atoms with Crippen LogP contribution in [-0.4, -0.2) is 48.4 Å². The molecule has 0 radical (unpaired) electrons. The van der Waals surface area contributed by atoms with Crippen molar-refractivity contribution in [3.63, 3.8) is 0 Å². The van der Waals surface area contributed by atoms with E-state index in [1.807, 2.05) is 34.6 Å². The van der Waals surface area contributed by atoms with E-state index in [0.717, 1.165) is 0 Å². The van der Waals surface area contributed by atoms with Crippen LogP contribution in [-0.2, 0) is 9.59 Å². The normalized spacial score (nSPS) is 11.5. The fraction of sp³-hybridized carbons (Fsp3) is 0.833. The number of nitrogens with one attached hydrogen (secondary N) is 2. The molecule has 0 aromatic carbocycles. The second kappa shape index (κ2) is 6.59. The molecular formula is C12H25N3O2. The van der Waals surface area contributed by atoms with Crippen LogP contribution in [0.25, 0.3) is 0 Å². The van der Waals surface area contributed by atoms with Crippen LogP contribution in [0.15, 0.2) is 0 Å². The number of likely N-dealkylation sites (N-methyl/N-ethyl adjacent to an activating group) is 2. The summed E-state index contributed by atoms with van der Waals surface area (Å²) < 4.78 is 0. The zero-order valence-corrected chi connectivity index (χ0v) is 11.8. The van der Waals surface area contributed by atoms with Gasteiger partial charge >= 0.3 is 0 Å². The maximum absolute atomic E-state index is 12.1. The Labute approximate surface area is 104 Å². The summed E-state index contributed by atoms with van der Waals surface area (Å²) in [6, 6.07) is 0.0905. The summed E-state index contributed by atoms with van der Waals surface area (Å²) in [4.78, 5) is 25.0. The largest absolute Gasteiger partial charge is 0.352 e. The highest BCUT2D eigenvalue weighted by atomic mass is 16.2. The van der Waals surface area contributed by atoms with Crippen LogP contribution in [0.2, 0.25) is 0 Å². The van der Waals surface area contributed by atoms with Crippen molar-refractivity contribution in [1.29, 1.82) is 0 Å². The first kappa shape index (κ1) is 15.9. The quantitative estimate of drug-likeness (QED) is 0.708. The number of rotatable bonds is 6. The first-order valence-electron chi connectivity index (χ1n) is 6.00. The van der Waals surface area contributed by atoms with Crippen molar-refractivity contribution in [1.82, 2.24) is 15.5 Å². The van der Waals surface area contributed by atoms with Crippen LogP contribution in [0.5, 0.6) is 0 Å². The van der Waals surface area contributed by atoms with Gasteiger partial charge in [0, 0.05) is 13.1 Å². The van der Waals surface area contributed by atoms with E-state index in [9.17, 15) is 9.59 Å². The molecule has 5 heteroatoms. The van der Waals surface area contributed by atoms with Crippen molar-refractivity contribution < 1.29 is 9.59 Å². The van der Waals surface area contributed by atoms with Gasteiger partial charge in [0.05, 0.1) is 12.1 Å². The Morgan fingerprint density at radius 3 is 2.24 bits per heavy atom. The van der Waals surface area contributed by atoms with Crippen LogP contribution in [0.1, 0.15) is 34.6 Å². The van der Waals surface area contributed by atoms with Crippen molar-refractivity contribution in [2.75, 3.05) is 20.1 Å². The molecule has 0 spiro atoms. The summed E-state index contributed by atoms with van der Waals surface area (Å²) in [6.07, 6.45) is 0. The second-order valence-corrected chi connectivity index (χ2v) is 5.04. The SMILES string of the molecule is CCNC(C)(C)C(=O)N(C)CC(=O)NC(C)C. The molecule has 0 aromatic rings. The predicted molar refractivity (Wildman–Crippen MR) is 68.7 cm³/mol. The van der Waals surface area contributed by atoms with Gasteiger partial charge in [-0.15, -0.1) is 0 Å². The maximum atomic E-state index is 12.1. The predicted octanol–water partition coefficient (Wildman–Crippen LogP) is 0.358. The Hall–Kier alpha value is -1.10. The van der Waals surface area contributed by atoms with E-state index in [1.54, 1.807) is 7.05 Å². The van der Waals surface area contributed by atoms with Crippen molar-refractivity contribution in [3.05, 3.63) is 0 Å². The third-order valence-electron chi connectivity index (χ3n) is 2.33. The second-order valence-electron chi connectivity index (χ2n) is 5.04. The molecule has 5 nitrogen and oxygen atoms in total. The molecule has 0 aromatic heterocycles. The molecule has 0 saturated carbocycles. The summed E-state index contributed by atoms with van der Waals surface area (Å²) in [5.74, 6) is -0.221. The monoisotopic (exact) mass is 243 g/mol. The fourth-order valence-corrected chi connectivity index (χ4v) is 1.65. The van der Waals surface area contributed by atoms with Crippen LogP contribution < -0.4 is 10.6 Å². The van der Waals surface area contributed by atoms with E-state index >= 15 is 0 Å². The molecule has 2 N–H and O–H groups in total. The molecule has 0 atom stereocenters. The number of carbonyl (C=O) groups excluding carboxylic acids is 2. The van der Waals surface area contributed by atoms with Crippen molar-refractivity contribution in [3.8, 4) is 0 Å². The molecule has 0 bridgehead atoms. The van der Waals surface area contributed by atoms with E-state index in [0.29, 0.717) is 6.54 Å². The van der Waals surface area contributed by atoms with Gasteiger partial charge in [-0.05, 0) is 34.2 Å². The van der Waals surface area contributed by atoms with Gasteiger partial charge in [0.2, 0.25) is 11.8 Å². The summed E-state index contributed by atoms with van der Waals surface area (Å²) in [6.45, 7) is 10.2. The van der Waals surface area contributed by atoms with Gasteiger partial charge in [-0.1, -0.05) is 6.92 Å². The highest BCUT2D eigenvalue weighted by Gasteiger charge is 2.29. The van der Waals surface area contributed by atoms with E-state index in [-0.39, 0.29) is 24.4 Å². The average Bonchev–Trinajstić information content (AvgIpc) is 2.14. The van der Waals surface area contributed by atoms with Crippen LogP contribution >= 0.6 is 0 Å². The molecule has 17 heavy (non-hydrogen) atoms. The lowest BCUT2D eigenvalue weighted by Gasteiger charge is -2.29. The smallest absolute Gasteiger partial charge is 0.242 e. The van der Waals surface area contributed by atoms with Gasteiger partial charge < -0.3 is 15.5 Å². The summed E-state index contributed by atoms with van der Waals surface area (Å²) in [7, 11) is 1.64. The number of hydrogen-bond acceptors (Lipinski definition) is 3. The molecule has 0 aliphatic rings. The van der Waals surface area contributed by atoms with E-state index in [1.165, 1.54) is 4.90 Å². The van der Waals surface area contributed by atoms with E-state index in [2.05, 4.69) is 10.6 Å². The molecule has 0 aliphatic carbocycles. The lowest BCUT2D eigenvalue weighted by Crippen LogP contribution is -2.54. The Morgan fingerprint density at radius 2 is 1.82 bits per heavy atom. The minimum absolute atomic E-state index is 0.0849. The molecule has 2 amide bonds. The highest BCUT2D eigenvalue weighted by Crippen LogP contribution is 2.06. The molecule has 100 valence electrons. The topological polar surface area (TPSA) is 61.4 Å². The van der Waals surface area contributed by atoms with Gasteiger partial charge in [-0.2, -0.15) is 0 Å². The van der Waals surface area contributed by atoms with Crippen molar-refractivity contribution in [2.24, 2.45) is 0 Å². The Morgan fingerprint density at radius 1 is 1.29 bits per heavy atom. The van der Waals surface area contributed by atoms with Crippen molar-refractivity contribution >= 4 is 11.8 Å². The zero-order valence-electron chi connectivity index (χ0n) is 11.8. The maximum Gasteiger partial charge on any atom is 0.242 e. The first-order chi connectivity index (χ1) is 7.70. The molecule has 0 rings (SSSR count). The minimum Gasteiger partial charge on any atom is -0.352 e. The lowest BCUT2D eigenvalue weighted by atomic mass is 10.0. The Bertz CT molecular complexity index is 275. The molecule has 0 saturated heterocycles. The van der Waals surface area contributed by atoms with E-state index < -0.39 is 5.54 Å². The van der Waals surface area contributed by atoms with Gasteiger partial charge in [0.25, 0.3) is 0 Å². The van der Waals surface area contributed by atoms with Crippen LogP contribution in [0.3, 0.4) is 0 Å². The summed E-state index contributed by atoms with van der Waals surface area (Å²) in [5, 5.41) is 5.85. The van der Waals surface area contributed by atoms with E-state index in [4.69, 9.17) is 0 Å². The minimum atomic E-state index is -0.637.